The molecule has 7 rings (SSSR count). The van der Waals surface area contributed by atoms with Crippen LogP contribution in [0.5, 0.6) is 0 Å². The lowest BCUT2D eigenvalue weighted by Gasteiger charge is -2.47. The van der Waals surface area contributed by atoms with Crippen LogP contribution in [-0.2, 0) is 4.79 Å². The molecule has 0 saturated heterocycles. The van der Waals surface area contributed by atoms with E-state index in [1.807, 2.05) is 0 Å². The molecule has 2 aromatic carbocycles. The molecular weight excluding hydrogens is 493 g/mol. The lowest BCUT2D eigenvalue weighted by molar-refractivity contribution is -0.148. The standard InChI is InChI=1S/C29H23F3N4O2/c1-33-27-21(14-5-3-2-4-6-14)23(32)28(35-24-16-9-7-15(8-10-16)22(24)29(37)38)36-26(27)19-13-34-25-18(19)11-17(30)12-20(25)31/h2-6,11-13,15-16,22,24,34H,7-10H2,(H,35,36)(H,37,38). The highest BCUT2D eigenvalue weighted by molar-refractivity contribution is 6.01. The number of fused-ring (bicyclic) bond motifs is 4. The largest absolute Gasteiger partial charge is 0.481 e. The first kappa shape index (κ1) is 24.0. The lowest BCUT2D eigenvalue weighted by atomic mass is 9.61. The summed E-state index contributed by atoms with van der Waals surface area (Å²) in [6, 6.07) is 9.88. The number of benzene rings is 2. The van der Waals surface area contributed by atoms with E-state index in [0.29, 0.717) is 5.56 Å². The molecule has 4 aromatic rings. The second kappa shape index (κ2) is 9.21. The van der Waals surface area contributed by atoms with Gasteiger partial charge in [0, 0.05) is 34.8 Å². The Balaban J connectivity index is 1.58. The molecule has 192 valence electrons. The number of H-pyrrole nitrogens is 1. The third kappa shape index (κ3) is 3.79. The number of carboxylic acids is 1. The molecule has 9 heteroatoms. The molecule has 2 unspecified atom stereocenters. The topological polar surface area (TPSA) is 82.4 Å². The van der Waals surface area contributed by atoms with E-state index in [1.54, 1.807) is 30.3 Å². The number of aromatic nitrogens is 2. The quantitative estimate of drug-likeness (QED) is 0.246. The van der Waals surface area contributed by atoms with Gasteiger partial charge in [-0.05, 0) is 49.1 Å². The molecule has 0 aliphatic heterocycles. The fraction of sp³-hybridized carbons (Fsp3) is 0.276. The number of pyridine rings is 1. The van der Waals surface area contributed by atoms with Gasteiger partial charge in [0.1, 0.15) is 11.6 Å². The Morgan fingerprint density at radius 1 is 1.08 bits per heavy atom. The van der Waals surface area contributed by atoms with E-state index in [-0.39, 0.29) is 51.1 Å². The maximum Gasteiger partial charge on any atom is 0.308 e. The SMILES string of the molecule is [C-]#[N+]c1c(-c2c[nH]c3c(F)cc(F)cc23)nc(NC2C3CCC(CC3)C2C(=O)O)c(F)c1-c1ccccc1. The molecular formula is C29H23F3N4O2. The van der Waals surface area contributed by atoms with Crippen LogP contribution in [0.15, 0.2) is 48.7 Å². The third-order valence-electron chi connectivity index (χ3n) is 8.06. The molecule has 0 spiro atoms. The van der Waals surface area contributed by atoms with Gasteiger partial charge >= 0.3 is 5.97 Å². The molecule has 2 aromatic heterocycles. The highest BCUT2D eigenvalue weighted by Crippen LogP contribution is 2.48. The van der Waals surface area contributed by atoms with Crippen molar-refractivity contribution in [3.05, 3.63) is 77.5 Å². The zero-order chi connectivity index (χ0) is 26.6. The number of nitrogens with one attached hydrogen (secondary N) is 2. The average molecular weight is 517 g/mol. The van der Waals surface area contributed by atoms with Crippen molar-refractivity contribution in [2.24, 2.45) is 17.8 Å². The number of nitrogens with zero attached hydrogens (tertiary/aromatic N) is 2. The van der Waals surface area contributed by atoms with Crippen molar-refractivity contribution < 1.29 is 23.1 Å². The summed E-state index contributed by atoms with van der Waals surface area (Å²) in [7, 11) is 0. The van der Waals surface area contributed by atoms with Gasteiger partial charge in [0.05, 0.1) is 23.7 Å². The van der Waals surface area contributed by atoms with Gasteiger partial charge in [0.15, 0.2) is 11.6 Å². The molecule has 3 fully saturated rings. The normalized spacial score (nSPS) is 22.4. The fourth-order valence-corrected chi connectivity index (χ4v) is 6.34. The summed E-state index contributed by atoms with van der Waals surface area (Å²) in [5, 5.41) is 13.3. The van der Waals surface area contributed by atoms with E-state index in [9.17, 15) is 18.7 Å². The van der Waals surface area contributed by atoms with Crippen molar-refractivity contribution in [1.29, 1.82) is 0 Å². The Labute approximate surface area is 216 Å². The minimum absolute atomic E-state index is 0.00629. The molecule has 2 heterocycles. The van der Waals surface area contributed by atoms with Crippen LogP contribution in [0.3, 0.4) is 0 Å². The summed E-state index contributed by atoms with van der Waals surface area (Å²) < 4.78 is 44.9. The Kier molecular flexibility index (Phi) is 5.83. The van der Waals surface area contributed by atoms with Crippen molar-refractivity contribution in [2.45, 2.75) is 31.7 Å². The van der Waals surface area contributed by atoms with Crippen LogP contribution in [0, 0.1) is 41.8 Å². The van der Waals surface area contributed by atoms with Crippen molar-refractivity contribution in [3.63, 3.8) is 0 Å². The summed E-state index contributed by atoms with van der Waals surface area (Å²) in [6.07, 6.45) is 4.74. The smallest absolute Gasteiger partial charge is 0.308 e. The zero-order valence-corrected chi connectivity index (χ0v) is 20.1. The monoisotopic (exact) mass is 516 g/mol. The minimum atomic E-state index is -0.929. The molecule has 3 saturated carbocycles. The van der Waals surface area contributed by atoms with E-state index in [0.717, 1.165) is 37.8 Å². The number of halogens is 3. The van der Waals surface area contributed by atoms with Crippen LogP contribution in [-0.4, -0.2) is 27.1 Å². The van der Waals surface area contributed by atoms with Gasteiger partial charge in [-0.3, -0.25) is 4.79 Å². The highest BCUT2D eigenvalue weighted by atomic mass is 19.1. The van der Waals surface area contributed by atoms with Crippen LogP contribution in [0.2, 0.25) is 0 Å². The second-order valence-corrected chi connectivity index (χ2v) is 10.0. The van der Waals surface area contributed by atoms with Crippen LogP contribution in [0.25, 0.3) is 38.1 Å². The molecule has 6 nitrogen and oxygen atoms in total. The van der Waals surface area contributed by atoms with E-state index in [2.05, 4.69) is 20.1 Å². The van der Waals surface area contributed by atoms with E-state index >= 15 is 4.39 Å². The zero-order valence-electron chi connectivity index (χ0n) is 20.1. The second-order valence-electron chi connectivity index (χ2n) is 10.0. The van der Waals surface area contributed by atoms with Crippen LogP contribution < -0.4 is 5.32 Å². The minimum Gasteiger partial charge on any atom is -0.481 e. The molecule has 38 heavy (non-hydrogen) atoms. The molecule has 3 aliphatic carbocycles. The average Bonchev–Trinajstić information content (AvgIpc) is 3.34. The summed E-state index contributed by atoms with van der Waals surface area (Å²) in [6.45, 7) is 7.91. The Morgan fingerprint density at radius 3 is 2.47 bits per heavy atom. The van der Waals surface area contributed by atoms with Crippen molar-refractivity contribution in [3.8, 4) is 22.4 Å². The van der Waals surface area contributed by atoms with Crippen molar-refractivity contribution >= 4 is 28.4 Å². The number of hydrogen-bond acceptors (Lipinski definition) is 3. The number of carboxylic acid groups (broad SMARTS) is 1. The maximum atomic E-state index is 16.3. The van der Waals surface area contributed by atoms with E-state index in [1.165, 1.54) is 6.20 Å². The van der Waals surface area contributed by atoms with Gasteiger partial charge in [-0.15, -0.1) is 0 Å². The van der Waals surface area contributed by atoms with Gasteiger partial charge in [0.25, 0.3) is 0 Å². The lowest BCUT2D eigenvalue weighted by Crippen LogP contribution is -2.51. The van der Waals surface area contributed by atoms with Crippen molar-refractivity contribution in [2.75, 3.05) is 5.32 Å². The maximum absolute atomic E-state index is 16.3. The fourth-order valence-electron chi connectivity index (χ4n) is 6.34. The van der Waals surface area contributed by atoms with Gasteiger partial charge in [-0.1, -0.05) is 30.3 Å². The highest BCUT2D eigenvalue weighted by Gasteiger charge is 2.47. The first-order valence-electron chi connectivity index (χ1n) is 12.5. The number of rotatable bonds is 5. The van der Waals surface area contributed by atoms with Crippen LogP contribution >= 0.6 is 0 Å². The molecule has 0 radical (unpaired) electrons. The van der Waals surface area contributed by atoms with E-state index < -0.39 is 35.4 Å². The first-order valence-corrected chi connectivity index (χ1v) is 12.5. The van der Waals surface area contributed by atoms with Crippen LogP contribution in [0.4, 0.5) is 24.7 Å². The van der Waals surface area contributed by atoms with Gasteiger partial charge in [-0.25, -0.2) is 23.0 Å². The Morgan fingerprint density at radius 2 is 1.79 bits per heavy atom. The number of aliphatic carboxylic acids is 1. The number of hydrogen-bond donors (Lipinski definition) is 3. The molecule has 0 amide bonds. The Bertz CT molecular complexity index is 1600. The predicted molar refractivity (Wildman–Crippen MR) is 137 cm³/mol. The van der Waals surface area contributed by atoms with Crippen LogP contribution in [0.1, 0.15) is 25.7 Å². The predicted octanol–water partition coefficient (Wildman–Crippen LogP) is 7.17. The summed E-state index contributed by atoms with van der Waals surface area (Å²) >= 11 is 0. The molecule has 3 N–H and O–H groups in total. The third-order valence-corrected chi connectivity index (χ3v) is 8.06. The first-order chi connectivity index (χ1) is 18.4. The van der Waals surface area contributed by atoms with Gasteiger partial charge in [-0.2, -0.15) is 0 Å². The molecule has 2 bridgehead atoms. The molecule has 3 aliphatic rings. The summed E-state index contributed by atoms with van der Waals surface area (Å²) in [5.74, 6) is -4.13. The summed E-state index contributed by atoms with van der Waals surface area (Å²) in [5.41, 5.74) is 0.642. The number of aromatic amines is 1. The van der Waals surface area contributed by atoms with Gasteiger partial charge in [0.2, 0.25) is 5.69 Å². The number of carbonyl (C=O) groups is 1. The Hall–Kier alpha value is -4.32. The molecule has 2 atom stereocenters. The number of anilines is 1. The van der Waals surface area contributed by atoms with Gasteiger partial charge < -0.3 is 15.4 Å². The van der Waals surface area contributed by atoms with E-state index in [4.69, 9.17) is 6.57 Å². The van der Waals surface area contributed by atoms with Crippen molar-refractivity contribution in [1.82, 2.24) is 9.97 Å². The summed E-state index contributed by atoms with van der Waals surface area (Å²) in [4.78, 5) is 23.1.